The van der Waals surface area contributed by atoms with Crippen molar-refractivity contribution < 1.29 is 14.2 Å². The van der Waals surface area contributed by atoms with Crippen LogP contribution in [0.15, 0.2) is 11.0 Å². The maximum absolute atomic E-state index is 13.9. The number of alkyl halides is 1. The quantitative estimate of drug-likeness (QED) is 0.820. The topological polar surface area (TPSA) is 90.4 Å². The molecule has 0 radical (unpaired) electrons. The highest BCUT2D eigenvalue weighted by molar-refractivity contribution is 6.32. The minimum atomic E-state index is -1.71. The van der Waals surface area contributed by atoms with Crippen LogP contribution in [0.2, 0.25) is 5.02 Å². The molecule has 0 aliphatic carbocycles. The molecule has 2 heterocycles. The second-order valence-corrected chi connectivity index (χ2v) is 4.48. The average Bonchev–Trinajstić information content (AvgIpc) is 2.61. The van der Waals surface area contributed by atoms with Crippen molar-refractivity contribution in [3.63, 3.8) is 0 Å². The molecule has 0 spiro atoms. The largest absolute Gasteiger partial charge is 0.387 e. The number of rotatable bonds is 2. The lowest BCUT2D eigenvalue weighted by Gasteiger charge is -2.16. The van der Waals surface area contributed by atoms with E-state index < -0.39 is 30.3 Å². The van der Waals surface area contributed by atoms with Crippen LogP contribution in [0.1, 0.15) is 19.6 Å². The van der Waals surface area contributed by atoms with E-state index in [4.69, 9.17) is 22.1 Å². The third-order valence-corrected chi connectivity index (χ3v) is 3.20. The zero-order valence-electron chi connectivity index (χ0n) is 9.59. The van der Waals surface area contributed by atoms with Crippen LogP contribution in [0, 0.1) is 0 Å². The first-order chi connectivity index (χ1) is 8.45. The molecule has 1 saturated heterocycles. The maximum atomic E-state index is 13.9. The summed E-state index contributed by atoms with van der Waals surface area (Å²) in [4.78, 5) is 15.1. The first-order valence-electron chi connectivity index (χ1n) is 5.47. The van der Waals surface area contributed by atoms with Crippen LogP contribution in [-0.2, 0) is 4.74 Å². The minimum Gasteiger partial charge on any atom is -0.387 e. The fourth-order valence-corrected chi connectivity index (χ4v) is 2.05. The van der Waals surface area contributed by atoms with Crippen molar-refractivity contribution in [1.82, 2.24) is 9.55 Å². The second kappa shape index (κ2) is 4.83. The van der Waals surface area contributed by atoms with Crippen LogP contribution in [0.3, 0.4) is 0 Å². The van der Waals surface area contributed by atoms with Crippen molar-refractivity contribution in [2.45, 2.75) is 38.0 Å². The molecule has 0 bridgehead atoms. The van der Waals surface area contributed by atoms with Crippen molar-refractivity contribution >= 4 is 17.4 Å². The molecule has 0 amide bonds. The average molecular weight is 277 g/mol. The number of nitrogens with two attached hydrogens (primary N) is 1. The van der Waals surface area contributed by atoms with Gasteiger partial charge in [0.25, 0.3) is 0 Å². The number of ether oxygens (including phenoxy) is 1. The van der Waals surface area contributed by atoms with E-state index >= 15 is 0 Å². The lowest BCUT2D eigenvalue weighted by atomic mass is 10.1. The van der Waals surface area contributed by atoms with Gasteiger partial charge in [0.05, 0.1) is 11.1 Å². The van der Waals surface area contributed by atoms with E-state index in [1.165, 1.54) is 0 Å². The lowest BCUT2D eigenvalue weighted by molar-refractivity contribution is -0.0279. The van der Waals surface area contributed by atoms with Crippen molar-refractivity contribution in [3.8, 4) is 0 Å². The zero-order valence-corrected chi connectivity index (χ0v) is 10.3. The molecule has 2 rings (SSSR count). The summed E-state index contributed by atoms with van der Waals surface area (Å²) in [7, 11) is 0. The van der Waals surface area contributed by atoms with Crippen LogP contribution in [-0.4, -0.2) is 33.0 Å². The van der Waals surface area contributed by atoms with Gasteiger partial charge < -0.3 is 15.6 Å². The Labute approximate surface area is 107 Å². The molecule has 6 nitrogen and oxygen atoms in total. The van der Waals surface area contributed by atoms with Gasteiger partial charge in [-0.15, -0.1) is 0 Å². The predicted octanol–water partition coefficient (Wildman–Crippen LogP) is 0.485. The molecule has 1 aromatic heterocycles. The van der Waals surface area contributed by atoms with Gasteiger partial charge in [0.2, 0.25) is 0 Å². The predicted molar refractivity (Wildman–Crippen MR) is 63.0 cm³/mol. The molecule has 0 aromatic carbocycles. The number of hydrogen-bond acceptors (Lipinski definition) is 5. The molecule has 100 valence electrons. The summed E-state index contributed by atoms with van der Waals surface area (Å²) in [5.74, 6) is -0.126. The summed E-state index contributed by atoms with van der Waals surface area (Å²) in [6.07, 6.45) is -3.29. The lowest BCUT2D eigenvalue weighted by Crippen LogP contribution is -2.33. The first kappa shape index (κ1) is 13.3. The van der Waals surface area contributed by atoms with Crippen molar-refractivity contribution in [2.24, 2.45) is 0 Å². The summed E-state index contributed by atoms with van der Waals surface area (Å²) in [5.41, 5.74) is 4.59. The normalized spacial score (nSPS) is 31.8. The smallest absolute Gasteiger partial charge is 0.351 e. The van der Waals surface area contributed by atoms with Gasteiger partial charge in [-0.2, -0.15) is 4.98 Å². The molecule has 8 heteroatoms. The van der Waals surface area contributed by atoms with Gasteiger partial charge in [0, 0.05) is 6.20 Å². The number of halogens is 2. The standard InChI is InChI=1S/C10H13ClFN3O3/c1-2-5-7(16)6(12)9(18-5)15-3-4(11)8(13)14-10(15)17/h3,5-7,9,16H,2H2,1H3,(H2,13,14,17)/t5-,6-,7+,9-/m0/s1/i12-1. The number of anilines is 1. The fraction of sp³-hybridized carbons (Fsp3) is 0.600. The Bertz CT molecular complexity index is 510. The van der Waals surface area contributed by atoms with Crippen LogP contribution in [0.5, 0.6) is 0 Å². The molecule has 0 unspecified atom stereocenters. The first-order valence-corrected chi connectivity index (χ1v) is 5.85. The molecular weight excluding hydrogens is 264 g/mol. The van der Waals surface area contributed by atoms with Crippen LogP contribution in [0.25, 0.3) is 0 Å². The number of aromatic nitrogens is 2. The van der Waals surface area contributed by atoms with E-state index in [1.54, 1.807) is 6.92 Å². The summed E-state index contributed by atoms with van der Waals surface area (Å²) < 4.78 is 20.1. The van der Waals surface area contributed by atoms with E-state index in [2.05, 4.69) is 4.98 Å². The number of aliphatic hydroxyl groups excluding tert-OH is 1. The SMILES string of the molecule is CC[C@@H]1O[C@H](n2cc(Cl)c(N)nc2=O)[C@@H]([18F])[C@@H]1O. The Hall–Kier alpha value is -1.18. The van der Waals surface area contributed by atoms with Crippen LogP contribution in [0.4, 0.5) is 10.2 Å². The number of hydrogen-bond donors (Lipinski definition) is 2. The molecule has 1 fully saturated rings. The van der Waals surface area contributed by atoms with E-state index in [9.17, 15) is 14.3 Å². The van der Waals surface area contributed by atoms with Gasteiger partial charge in [-0.25, -0.2) is 9.18 Å². The fourth-order valence-electron chi connectivity index (χ4n) is 1.91. The van der Waals surface area contributed by atoms with Gasteiger partial charge in [0.15, 0.2) is 12.4 Å². The van der Waals surface area contributed by atoms with Gasteiger partial charge in [-0.05, 0) is 6.42 Å². The monoisotopic (exact) mass is 276 g/mol. The molecule has 1 aromatic rings. The van der Waals surface area contributed by atoms with Crippen LogP contribution >= 0.6 is 11.6 Å². The Morgan fingerprint density at radius 2 is 2.39 bits per heavy atom. The van der Waals surface area contributed by atoms with Gasteiger partial charge in [-0.3, -0.25) is 4.57 Å². The number of nitrogen functional groups attached to an aromatic ring is 1. The van der Waals surface area contributed by atoms with Crippen molar-refractivity contribution in [1.29, 1.82) is 0 Å². The zero-order chi connectivity index (χ0) is 13.4. The van der Waals surface area contributed by atoms with Gasteiger partial charge in [-0.1, -0.05) is 18.5 Å². The third-order valence-electron chi connectivity index (χ3n) is 2.90. The molecule has 3 N–H and O–H groups in total. The van der Waals surface area contributed by atoms with Crippen molar-refractivity contribution in [2.75, 3.05) is 5.73 Å². The Kier molecular flexibility index (Phi) is 3.56. The molecular formula is C10H13ClFN3O3. The molecule has 1 aliphatic heterocycles. The number of nitrogens with zero attached hydrogens (tertiary/aromatic N) is 2. The highest BCUT2D eigenvalue weighted by Crippen LogP contribution is 2.32. The highest BCUT2D eigenvalue weighted by atomic mass is 35.5. The van der Waals surface area contributed by atoms with E-state index in [0.717, 1.165) is 10.8 Å². The molecule has 0 saturated carbocycles. The Morgan fingerprint density at radius 1 is 1.72 bits per heavy atom. The van der Waals surface area contributed by atoms with Gasteiger partial charge >= 0.3 is 5.69 Å². The molecule has 18 heavy (non-hydrogen) atoms. The van der Waals surface area contributed by atoms with E-state index in [0.29, 0.717) is 6.42 Å². The van der Waals surface area contributed by atoms with Crippen LogP contribution < -0.4 is 11.4 Å². The molecule has 4 atom stereocenters. The summed E-state index contributed by atoms with van der Waals surface area (Å²) >= 11 is 5.73. The van der Waals surface area contributed by atoms with Crippen molar-refractivity contribution in [3.05, 3.63) is 21.7 Å². The summed E-state index contributed by atoms with van der Waals surface area (Å²) in [6.45, 7) is 1.75. The Morgan fingerprint density at radius 3 is 2.94 bits per heavy atom. The third kappa shape index (κ3) is 2.09. The summed E-state index contributed by atoms with van der Waals surface area (Å²) in [6, 6.07) is 0. The highest BCUT2D eigenvalue weighted by Gasteiger charge is 2.44. The minimum absolute atomic E-state index is 0.0276. The number of aliphatic hydroxyl groups is 1. The summed E-state index contributed by atoms with van der Waals surface area (Å²) in [5, 5.41) is 9.64. The van der Waals surface area contributed by atoms with E-state index in [1.807, 2.05) is 0 Å². The molecule has 1 aliphatic rings. The second-order valence-electron chi connectivity index (χ2n) is 4.07. The van der Waals surface area contributed by atoms with E-state index in [-0.39, 0.29) is 10.8 Å². The van der Waals surface area contributed by atoms with Gasteiger partial charge in [0.1, 0.15) is 11.9 Å². The Balaban J connectivity index is 2.39. The maximum Gasteiger partial charge on any atom is 0.351 e.